The third-order valence-electron chi connectivity index (χ3n) is 8.97. The lowest BCUT2D eigenvalue weighted by atomic mass is 9.73. The number of aliphatic hydroxyl groups excluding tert-OH is 2. The van der Waals surface area contributed by atoms with Crippen LogP contribution in [0.2, 0.25) is 0 Å². The van der Waals surface area contributed by atoms with Crippen molar-refractivity contribution in [3.05, 3.63) is 17.9 Å². The first-order valence-corrected chi connectivity index (χ1v) is 20.5. The second-order valence-electron chi connectivity index (χ2n) is 13.3. The Morgan fingerprint density at radius 2 is 1.38 bits per heavy atom. The summed E-state index contributed by atoms with van der Waals surface area (Å²) in [7, 11) is 4.51. The summed E-state index contributed by atoms with van der Waals surface area (Å²) in [5.74, 6) is -1.49. The summed E-state index contributed by atoms with van der Waals surface area (Å²) in [5, 5.41) is 39.3. The molecule has 0 radical (unpaired) electrons. The normalized spacial score (nSPS) is 12.7. The van der Waals surface area contributed by atoms with E-state index in [1.54, 1.807) is 0 Å². The maximum Gasteiger partial charge on any atom is 0.303 e. The van der Waals surface area contributed by atoms with Crippen molar-refractivity contribution in [2.24, 2.45) is 22.8 Å². The Hall–Kier alpha value is -2.84. The molecule has 0 fully saturated rings. The van der Waals surface area contributed by atoms with Gasteiger partial charge in [0.15, 0.2) is 0 Å². The second kappa shape index (κ2) is 45.5. The van der Waals surface area contributed by atoms with Crippen LogP contribution in [0.1, 0.15) is 139 Å². The highest BCUT2D eigenvalue weighted by molar-refractivity contribution is 5.87. The van der Waals surface area contributed by atoms with Crippen molar-refractivity contribution in [2.75, 3.05) is 54.0 Å². The number of carboxylic acids is 1. The van der Waals surface area contributed by atoms with Gasteiger partial charge in [0.25, 0.3) is 0 Å². The lowest BCUT2D eigenvalue weighted by Crippen LogP contribution is -2.46. The standard InChI is InChI=1S/C25H49N5O6.C12H23N.C2H6.CH5N.CH4O/c1-2-3-4-5-6-7-8-9-15-27-16-14-21(26)25(36)29-18-23(33)28-17-13-20(19-31)30-22(32)11-10-12-24(34)35;1-7-8-9-12(5,10(2)3)11(4)13-6;3*1-2/h20-21,27,31H,2-19,26H2,1H3,(H,28,33)(H,29,36)(H,30,32)(H,34,35);7,9-11,13H,1-6H3;1-2H3;2H2,1H3;2H,1H3/t20-,21?;;;;/m1..../s1. The zero-order chi connectivity index (χ0) is 43.5. The molecule has 0 saturated carbocycles. The largest absolute Gasteiger partial charge is 0.481 e. The van der Waals surface area contributed by atoms with E-state index >= 15 is 0 Å². The number of carbonyl (C=O) groups excluding carboxylic acids is 3. The van der Waals surface area contributed by atoms with Gasteiger partial charge in [-0.3, -0.25) is 19.2 Å². The summed E-state index contributed by atoms with van der Waals surface area (Å²) >= 11 is 0. The molecule has 14 heteroatoms. The predicted octanol–water partition coefficient (Wildman–Crippen LogP) is 3.99. The SMILES string of the molecule is CC.CC=C=CC(C)(C(C)C)C(C)NC.CCCCCCCCCCNCCC(N)C(=O)NCC(=O)NCC[C@H](CO)NC(=O)CCCC(=O)O.CN.CO. The van der Waals surface area contributed by atoms with Crippen LogP contribution in [0.4, 0.5) is 0 Å². The van der Waals surface area contributed by atoms with Crippen molar-refractivity contribution in [3.8, 4) is 0 Å². The van der Waals surface area contributed by atoms with Gasteiger partial charge in [-0.05, 0) is 84.8 Å². The average molecular weight is 790 g/mol. The number of nitrogens with two attached hydrogens (primary N) is 2. The van der Waals surface area contributed by atoms with Gasteiger partial charge in [-0.25, -0.2) is 0 Å². The number of unbranched alkanes of at least 4 members (excludes halogenated alkanes) is 7. The van der Waals surface area contributed by atoms with Gasteiger partial charge in [0, 0.05) is 38.0 Å². The molecule has 0 heterocycles. The van der Waals surface area contributed by atoms with E-state index < -0.39 is 24.0 Å². The molecule has 0 aliphatic carbocycles. The molecule has 0 aromatic rings. The van der Waals surface area contributed by atoms with Crippen LogP contribution in [-0.2, 0) is 19.2 Å². The Balaban J connectivity index is -0.000000364. The third kappa shape index (κ3) is 39.2. The second-order valence-corrected chi connectivity index (χ2v) is 13.3. The summed E-state index contributed by atoms with van der Waals surface area (Å²) in [6, 6.07) is -0.775. The number of hydrogen-bond acceptors (Lipinski definition) is 10. The molecule has 0 aliphatic rings. The first-order valence-electron chi connectivity index (χ1n) is 20.5. The molecule has 0 rings (SSSR count). The van der Waals surface area contributed by atoms with Crippen LogP contribution in [0.25, 0.3) is 0 Å². The molecular formula is C41H87N7O7. The van der Waals surface area contributed by atoms with Crippen molar-refractivity contribution >= 4 is 23.7 Å². The van der Waals surface area contributed by atoms with Crippen molar-refractivity contribution in [3.63, 3.8) is 0 Å². The molecule has 0 aromatic carbocycles. The molecule has 12 N–H and O–H groups in total. The van der Waals surface area contributed by atoms with Gasteiger partial charge in [0.1, 0.15) is 0 Å². The highest BCUT2D eigenvalue weighted by Gasteiger charge is 2.30. The number of amides is 3. The van der Waals surface area contributed by atoms with Gasteiger partial charge >= 0.3 is 5.97 Å². The number of hydrogen-bond donors (Lipinski definition) is 10. The minimum Gasteiger partial charge on any atom is -0.481 e. The van der Waals surface area contributed by atoms with Crippen LogP contribution >= 0.6 is 0 Å². The van der Waals surface area contributed by atoms with Crippen LogP contribution in [-0.4, -0.2) is 111 Å². The van der Waals surface area contributed by atoms with Gasteiger partial charge in [-0.15, -0.1) is 5.73 Å². The molecule has 3 unspecified atom stereocenters. The number of nitrogens with one attached hydrogen (secondary N) is 5. The summed E-state index contributed by atoms with van der Waals surface area (Å²) in [6.45, 7) is 18.4. The number of rotatable bonds is 28. The van der Waals surface area contributed by atoms with Gasteiger partial charge in [0.05, 0.1) is 25.2 Å². The summed E-state index contributed by atoms with van der Waals surface area (Å²) in [5.41, 5.74) is 13.8. The van der Waals surface area contributed by atoms with Crippen LogP contribution < -0.4 is 38.1 Å². The Morgan fingerprint density at radius 3 is 1.87 bits per heavy atom. The number of aliphatic hydroxyl groups is 2. The summed E-state index contributed by atoms with van der Waals surface area (Å²) < 4.78 is 0. The topological polar surface area (TPSA) is 241 Å². The van der Waals surface area contributed by atoms with Crippen LogP contribution in [0.3, 0.4) is 0 Å². The highest BCUT2D eigenvalue weighted by Crippen LogP contribution is 2.32. The van der Waals surface area contributed by atoms with Gasteiger partial charge < -0.3 is 53.4 Å². The Morgan fingerprint density at radius 1 is 0.818 bits per heavy atom. The van der Waals surface area contributed by atoms with Crippen molar-refractivity contribution in [1.29, 1.82) is 0 Å². The summed E-state index contributed by atoms with van der Waals surface area (Å²) in [4.78, 5) is 46.3. The summed E-state index contributed by atoms with van der Waals surface area (Å²) in [6.07, 6.45) is 15.2. The highest BCUT2D eigenvalue weighted by atomic mass is 16.4. The minimum absolute atomic E-state index is 0.0517. The fourth-order valence-electron chi connectivity index (χ4n) is 4.92. The molecule has 0 bridgehead atoms. The molecule has 14 nitrogen and oxygen atoms in total. The lowest BCUT2D eigenvalue weighted by molar-refractivity contribution is -0.137. The Kier molecular flexibility index (Phi) is 50.8. The van der Waals surface area contributed by atoms with E-state index in [2.05, 4.69) is 78.7 Å². The van der Waals surface area contributed by atoms with Gasteiger partial charge in [-0.2, -0.15) is 0 Å². The van der Waals surface area contributed by atoms with Crippen molar-refractivity contribution in [1.82, 2.24) is 26.6 Å². The van der Waals surface area contributed by atoms with E-state index in [0.717, 1.165) is 20.1 Å². The Bertz CT molecular complexity index is 963. The number of aliphatic carboxylic acids is 1. The maximum absolute atomic E-state index is 12.1. The molecule has 55 heavy (non-hydrogen) atoms. The van der Waals surface area contributed by atoms with Crippen LogP contribution in [0.15, 0.2) is 17.9 Å². The van der Waals surface area contributed by atoms with E-state index in [9.17, 15) is 24.3 Å². The number of carbonyl (C=O) groups is 4. The van der Waals surface area contributed by atoms with E-state index in [-0.39, 0.29) is 56.2 Å². The molecule has 3 amide bonds. The van der Waals surface area contributed by atoms with E-state index in [1.807, 2.05) is 33.9 Å². The quantitative estimate of drug-likeness (QED) is 0.0402. The fourth-order valence-corrected chi connectivity index (χ4v) is 4.92. The Labute approximate surface area is 335 Å². The molecule has 4 atom stereocenters. The van der Waals surface area contributed by atoms with Crippen molar-refractivity contribution < 1.29 is 34.5 Å². The minimum atomic E-state index is -0.969. The van der Waals surface area contributed by atoms with Crippen molar-refractivity contribution in [2.45, 2.75) is 157 Å². The molecule has 0 aliphatic heterocycles. The molecular weight excluding hydrogens is 702 g/mol. The van der Waals surface area contributed by atoms with E-state index in [1.165, 1.54) is 52.0 Å². The van der Waals surface area contributed by atoms with Gasteiger partial charge in [0.2, 0.25) is 17.7 Å². The average Bonchev–Trinajstić information content (AvgIpc) is 3.19. The lowest BCUT2D eigenvalue weighted by Gasteiger charge is -2.36. The fraction of sp³-hybridized carbons (Fsp3) is 0.829. The first-order chi connectivity index (χ1) is 26.3. The number of carboxylic acid groups (broad SMARTS) is 1. The molecule has 0 saturated heterocycles. The van der Waals surface area contributed by atoms with Crippen LogP contribution in [0, 0.1) is 11.3 Å². The predicted molar refractivity (Wildman–Crippen MR) is 229 cm³/mol. The zero-order valence-electron chi connectivity index (χ0n) is 36.8. The van der Waals surface area contributed by atoms with Gasteiger partial charge in [-0.1, -0.05) is 86.5 Å². The molecule has 328 valence electrons. The molecule has 0 aromatic heterocycles. The smallest absolute Gasteiger partial charge is 0.303 e. The third-order valence-corrected chi connectivity index (χ3v) is 8.97. The first kappa shape index (κ1) is 61.4. The monoisotopic (exact) mass is 790 g/mol. The zero-order valence-corrected chi connectivity index (χ0v) is 36.8. The van der Waals surface area contributed by atoms with Crippen LogP contribution in [0.5, 0.6) is 0 Å². The maximum atomic E-state index is 12.1. The molecule has 0 spiro atoms. The van der Waals surface area contributed by atoms with E-state index in [0.29, 0.717) is 31.3 Å². The van der Waals surface area contributed by atoms with E-state index in [4.69, 9.17) is 15.9 Å².